The van der Waals surface area contributed by atoms with Crippen molar-refractivity contribution in [1.82, 2.24) is 4.90 Å². The highest BCUT2D eigenvalue weighted by molar-refractivity contribution is 5.79. The minimum Gasteiger partial charge on any atom is -0.486 e. The van der Waals surface area contributed by atoms with Crippen LogP contribution in [0.3, 0.4) is 0 Å². The number of fused-ring (bicyclic) bond motifs is 1. The number of anilines is 1. The number of rotatable bonds is 4. The van der Waals surface area contributed by atoms with Gasteiger partial charge < -0.3 is 19.7 Å². The van der Waals surface area contributed by atoms with Gasteiger partial charge in [-0.15, -0.1) is 0 Å². The number of piperidine rings is 1. The number of carbonyl (C=O) groups excluding carboxylic acids is 1. The van der Waals surface area contributed by atoms with Crippen LogP contribution in [-0.4, -0.2) is 43.2 Å². The van der Waals surface area contributed by atoms with Crippen LogP contribution < -0.4 is 14.8 Å². The number of likely N-dealkylation sites (tertiary alicyclic amines) is 1. The Morgan fingerprint density at radius 2 is 2.04 bits per heavy atom. The van der Waals surface area contributed by atoms with Crippen LogP contribution in [0.4, 0.5) is 5.69 Å². The molecular weight excluding hydrogens is 328 g/mol. The Hall–Kier alpha value is -2.17. The maximum atomic E-state index is 12.7. The third kappa shape index (κ3) is 4.14. The van der Waals surface area contributed by atoms with Crippen molar-refractivity contribution in [2.24, 2.45) is 0 Å². The van der Waals surface area contributed by atoms with Gasteiger partial charge in [-0.3, -0.25) is 4.79 Å². The second-order valence-electron chi connectivity index (χ2n) is 7.47. The molecule has 1 saturated heterocycles. The third-order valence-electron chi connectivity index (χ3n) is 5.45. The van der Waals surface area contributed by atoms with Crippen molar-refractivity contribution in [2.45, 2.75) is 51.0 Å². The zero-order valence-corrected chi connectivity index (χ0v) is 15.3. The van der Waals surface area contributed by atoms with Crippen LogP contribution in [0, 0.1) is 0 Å². The second kappa shape index (κ2) is 8.02. The van der Waals surface area contributed by atoms with E-state index in [2.05, 4.69) is 11.4 Å². The highest BCUT2D eigenvalue weighted by Gasteiger charge is 2.24. The number of nitrogens with one attached hydrogen (secondary N) is 1. The van der Waals surface area contributed by atoms with E-state index < -0.39 is 0 Å². The molecule has 1 unspecified atom stereocenters. The summed E-state index contributed by atoms with van der Waals surface area (Å²) in [4.78, 5) is 14.7. The maximum absolute atomic E-state index is 12.7. The first kappa shape index (κ1) is 17.3. The lowest BCUT2D eigenvalue weighted by molar-refractivity contribution is -0.131. The van der Waals surface area contributed by atoms with Crippen molar-refractivity contribution in [2.75, 3.05) is 31.6 Å². The molecule has 0 aromatic heterocycles. The molecule has 0 bridgehead atoms. The smallest absolute Gasteiger partial charge is 0.226 e. The number of nitrogens with zero attached hydrogens (tertiary/aromatic N) is 1. The van der Waals surface area contributed by atoms with Gasteiger partial charge >= 0.3 is 0 Å². The molecule has 3 aliphatic rings. The lowest BCUT2D eigenvalue weighted by atomic mass is 9.96. The summed E-state index contributed by atoms with van der Waals surface area (Å²) in [5, 5.41) is 3.58. The number of allylic oxidation sites excluding steroid dienone is 1. The number of hydrogen-bond acceptors (Lipinski definition) is 4. The van der Waals surface area contributed by atoms with Crippen molar-refractivity contribution in [3.8, 4) is 11.5 Å². The summed E-state index contributed by atoms with van der Waals surface area (Å²) in [5.41, 5.74) is 2.37. The topological polar surface area (TPSA) is 50.8 Å². The SMILES string of the molecule is O=C(CC1=CCCCC1)N1CCCC(Nc2ccc3c(c2)OCCO3)C1. The lowest BCUT2D eigenvalue weighted by Crippen LogP contribution is -2.45. The fourth-order valence-electron chi connectivity index (χ4n) is 4.06. The first-order valence-electron chi connectivity index (χ1n) is 9.90. The molecule has 4 rings (SSSR count). The number of hydrogen-bond donors (Lipinski definition) is 1. The molecule has 1 N–H and O–H groups in total. The summed E-state index contributed by atoms with van der Waals surface area (Å²) in [5.74, 6) is 1.89. The fraction of sp³-hybridized carbons (Fsp3) is 0.571. The zero-order chi connectivity index (χ0) is 17.8. The number of ether oxygens (including phenoxy) is 2. The Bertz CT molecular complexity index is 686. The van der Waals surface area contributed by atoms with Gasteiger partial charge in [-0.25, -0.2) is 0 Å². The molecule has 1 aliphatic carbocycles. The first-order chi connectivity index (χ1) is 12.8. The van der Waals surface area contributed by atoms with Crippen molar-refractivity contribution < 1.29 is 14.3 Å². The van der Waals surface area contributed by atoms with E-state index in [9.17, 15) is 4.79 Å². The van der Waals surface area contributed by atoms with Crippen LogP contribution in [0.15, 0.2) is 29.8 Å². The van der Waals surface area contributed by atoms with E-state index in [0.29, 0.717) is 19.6 Å². The summed E-state index contributed by atoms with van der Waals surface area (Å²) in [6, 6.07) is 6.28. The largest absolute Gasteiger partial charge is 0.486 e. The molecule has 26 heavy (non-hydrogen) atoms. The minimum absolute atomic E-state index is 0.284. The average Bonchev–Trinajstić information content (AvgIpc) is 2.69. The molecule has 1 atom stereocenters. The van der Waals surface area contributed by atoms with Crippen molar-refractivity contribution in [1.29, 1.82) is 0 Å². The predicted molar refractivity (Wildman–Crippen MR) is 102 cm³/mol. The van der Waals surface area contributed by atoms with E-state index in [1.165, 1.54) is 18.4 Å². The summed E-state index contributed by atoms with van der Waals surface area (Å²) >= 11 is 0. The first-order valence-corrected chi connectivity index (χ1v) is 9.90. The van der Waals surface area contributed by atoms with Gasteiger partial charge in [0.25, 0.3) is 0 Å². The van der Waals surface area contributed by atoms with Gasteiger partial charge in [0, 0.05) is 37.3 Å². The van der Waals surface area contributed by atoms with E-state index in [0.717, 1.165) is 56.0 Å². The third-order valence-corrected chi connectivity index (χ3v) is 5.45. The molecule has 2 heterocycles. The Morgan fingerprint density at radius 3 is 2.88 bits per heavy atom. The predicted octanol–water partition coefficient (Wildman–Crippen LogP) is 3.75. The molecule has 1 amide bonds. The number of amides is 1. The van der Waals surface area contributed by atoms with E-state index in [4.69, 9.17) is 9.47 Å². The van der Waals surface area contributed by atoms with Gasteiger partial charge in [0.2, 0.25) is 5.91 Å². The molecule has 0 spiro atoms. The van der Waals surface area contributed by atoms with Crippen molar-refractivity contribution in [3.63, 3.8) is 0 Å². The highest BCUT2D eigenvalue weighted by atomic mass is 16.6. The molecule has 140 valence electrons. The van der Waals surface area contributed by atoms with Gasteiger partial charge in [-0.1, -0.05) is 11.6 Å². The Balaban J connectivity index is 1.34. The van der Waals surface area contributed by atoms with E-state index in [1.807, 2.05) is 23.1 Å². The van der Waals surface area contributed by atoms with Crippen LogP contribution in [0.5, 0.6) is 11.5 Å². The molecule has 2 aliphatic heterocycles. The van der Waals surface area contributed by atoms with Gasteiger partial charge in [0.05, 0.1) is 0 Å². The molecule has 1 aromatic carbocycles. The molecule has 5 heteroatoms. The second-order valence-corrected chi connectivity index (χ2v) is 7.47. The minimum atomic E-state index is 0.284. The zero-order valence-electron chi connectivity index (χ0n) is 15.3. The Kier molecular flexibility index (Phi) is 5.32. The van der Waals surface area contributed by atoms with Gasteiger partial charge in [0.15, 0.2) is 11.5 Å². The van der Waals surface area contributed by atoms with Crippen LogP contribution >= 0.6 is 0 Å². The van der Waals surface area contributed by atoms with Gasteiger partial charge in [-0.2, -0.15) is 0 Å². The van der Waals surface area contributed by atoms with Crippen molar-refractivity contribution >= 4 is 11.6 Å². The summed E-state index contributed by atoms with van der Waals surface area (Å²) in [6.45, 7) is 2.86. The van der Waals surface area contributed by atoms with Gasteiger partial charge in [-0.05, 0) is 50.7 Å². The van der Waals surface area contributed by atoms with E-state index >= 15 is 0 Å². The number of carbonyl (C=O) groups is 1. The molecule has 0 saturated carbocycles. The van der Waals surface area contributed by atoms with Crippen LogP contribution in [0.2, 0.25) is 0 Å². The molecular formula is C21H28N2O3. The van der Waals surface area contributed by atoms with E-state index in [-0.39, 0.29) is 11.9 Å². The van der Waals surface area contributed by atoms with Crippen molar-refractivity contribution in [3.05, 3.63) is 29.8 Å². The molecule has 1 fully saturated rings. The monoisotopic (exact) mass is 356 g/mol. The Labute approximate surface area is 155 Å². The van der Waals surface area contributed by atoms with Crippen LogP contribution in [0.1, 0.15) is 44.9 Å². The lowest BCUT2D eigenvalue weighted by Gasteiger charge is -2.34. The number of benzene rings is 1. The van der Waals surface area contributed by atoms with E-state index in [1.54, 1.807) is 0 Å². The van der Waals surface area contributed by atoms with Crippen LogP contribution in [0.25, 0.3) is 0 Å². The highest BCUT2D eigenvalue weighted by Crippen LogP contribution is 2.33. The summed E-state index contributed by atoms with van der Waals surface area (Å²) in [7, 11) is 0. The average molecular weight is 356 g/mol. The standard InChI is InChI=1S/C21H28N2O3/c24-21(13-16-5-2-1-3-6-16)23-10-4-7-18(15-23)22-17-8-9-19-20(14-17)26-12-11-25-19/h5,8-9,14,18,22H,1-4,6-7,10-13,15H2. The normalized spacial score (nSPS) is 22.5. The Morgan fingerprint density at radius 1 is 1.15 bits per heavy atom. The molecule has 1 aromatic rings. The molecule has 0 radical (unpaired) electrons. The van der Waals surface area contributed by atoms with Gasteiger partial charge in [0.1, 0.15) is 13.2 Å². The fourth-order valence-corrected chi connectivity index (χ4v) is 4.06. The summed E-state index contributed by atoms with van der Waals surface area (Å²) in [6.07, 6.45) is 9.74. The molecule has 5 nitrogen and oxygen atoms in total. The van der Waals surface area contributed by atoms with Crippen LogP contribution in [-0.2, 0) is 4.79 Å². The quantitative estimate of drug-likeness (QED) is 0.835. The maximum Gasteiger partial charge on any atom is 0.226 e. The summed E-state index contributed by atoms with van der Waals surface area (Å²) < 4.78 is 11.2.